The number of aliphatic carboxylic acids is 1. The van der Waals surface area contributed by atoms with E-state index in [1.54, 1.807) is 13.0 Å². The predicted molar refractivity (Wildman–Crippen MR) is 68.2 cm³/mol. The first-order valence-electron chi connectivity index (χ1n) is 5.08. The number of carbonyl (C=O) groups is 2. The van der Waals surface area contributed by atoms with E-state index in [1.165, 1.54) is 28.4 Å². The molecule has 1 atom stereocenters. The highest BCUT2D eigenvalue weighted by Gasteiger charge is 2.52. The van der Waals surface area contributed by atoms with Crippen LogP contribution in [0.3, 0.4) is 0 Å². The number of thioether (sulfide) groups is 2. The van der Waals surface area contributed by atoms with Crippen molar-refractivity contribution >= 4 is 35.4 Å². The highest BCUT2D eigenvalue weighted by atomic mass is 32.2. The van der Waals surface area contributed by atoms with Crippen molar-refractivity contribution in [3.8, 4) is 0 Å². The summed E-state index contributed by atoms with van der Waals surface area (Å²) in [5.74, 6) is -0.604. The van der Waals surface area contributed by atoms with Gasteiger partial charge in [0.15, 0.2) is 5.70 Å². The Morgan fingerprint density at radius 3 is 2.94 bits per heavy atom. The normalized spacial score (nSPS) is 25.3. The topological polar surface area (TPSA) is 83.6 Å². The van der Waals surface area contributed by atoms with Crippen molar-refractivity contribution in [2.45, 2.75) is 12.3 Å². The minimum absolute atomic E-state index is 0.106. The standard InChI is InChI=1S/C10H12N2O3S2/c1-2-5-7(13)12-6(9(14)15)10(16-4-3-11)17-8(5)12/h2,8H,3-4,11H2,1H3,(H,14,15). The highest BCUT2D eigenvalue weighted by molar-refractivity contribution is 8.22. The Bertz CT molecular complexity index is 445. The van der Waals surface area contributed by atoms with Crippen LogP contribution >= 0.6 is 23.5 Å². The summed E-state index contributed by atoms with van der Waals surface area (Å²) in [5.41, 5.74) is 6.19. The van der Waals surface area contributed by atoms with E-state index >= 15 is 0 Å². The van der Waals surface area contributed by atoms with Gasteiger partial charge >= 0.3 is 5.97 Å². The Balaban J connectivity index is 2.26. The molecule has 0 bridgehead atoms. The molecule has 1 unspecified atom stereocenters. The van der Waals surface area contributed by atoms with Gasteiger partial charge in [-0.3, -0.25) is 9.69 Å². The number of nitrogens with zero attached hydrogens (tertiary/aromatic N) is 1. The molecule has 0 saturated carbocycles. The highest BCUT2D eigenvalue weighted by Crippen LogP contribution is 2.52. The first kappa shape index (κ1) is 12.5. The number of allylic oxidation sites excluding steroid dienone is 1. The lowest BCUT2D eigenvalue weighted by molar-refractivity contribution is -0.141. The van der Waals surface area contributed by atoms with Crippen molar-refractivity contribution in [1.29, 1.82) is 0 Å². The van der Waals surface area contributed by atoms with Gasteiger partial charge in [0.25, 0.3) is 5.91 Å². The van der Waals surface area contributed by atoms with Gasteiger partial charge in [-0.15, -0.1) is 11.8 Å². The van der Waals surface area contributed by atoms with Gasteiger partial charge in [-0.2, -0.15) is 0 Å². The van der Waals surface area contributed by atoms with Crippen LogP contribution in [0.15, 0.2) is 21.6 Å². The van der Waals surface area contributed by atoms with E-state index in [1.807, 2.05) is 0 Å². The van der Waals surface area contributed by atoms with Crippen LogP contribution in [0, 0.1) is 0 Å². The zero-order valence-corrected chi connectivity index (χ0v) is 10.8. The van der Waals surface area contributed by atoms with E-state index in [4.69, 9.17) is 10.8 Å². The molecule has 2 heterocycles. The van der Waals surface area contributed by atoms with Gasteiger partial charge in [0, 0.05) is 17.9 Å². The van der Waals surface area contributed by atoms with Crippen molar-refractivity contribution in [3.63, 3.8) is 0 Å². The Hall–Kier alpha value is -0.920. The Morgan fingerprint density at radius 2 is 2.41 bits per heavy atom. The number of hydrogen-bond acceptors (Lipinski definition) is 5. The van der Waals surface area contributed by atoms with Gasteiger partial charge < -0.3 is 10.8 Å². The first-order valence-corrected chi connectivity index (χ1v) is 6.95. The Morgan fingerprint density at radius 1 is 1.71 bits per heavy atom. The molecule has 92 valence electrons. The lowest BCUT2D eigenvalue weighted by Gasteiger charge is -2.36. The van der Waals surface area contributed by atoms with Gasteiger partial charge in [-0.05, 0) is 6.92 Å². The largest absolute Gasteiger partial charge is 0.477 e. The monoisotopic (exact) mass is 272 g/mol. The maximum Gasteiger partial charge on any atom is 0.354 e. The molecular weight excluding hydrogens is 260 g/mol. The van der Waals surface area contributed by atoms with E-state index in [0.29, 0.717) is 22.1 Å². The minimum atomic E-state index is -1.05. The molecular formula is C10H12N2O3S2. The molecule has 1 fully saturated rings. The Kier molecular flexibility index (Phi) is 3.50. The predicted octanol–water partition coefficient (Wildman–Crippen LogP) is 0.793. The maximum atomic E-state index is 11.7. The van der Waals surface area contributed by atoms with Gasteiger partial charge in [0.2, 0.25) is 0 Å². The van der Waals surface area contributed by atoms with Crippen LogP contribution in [0.25, 0.3) is 0 Å². The van der Waals surface area contributed by atoms with Crippen molar-refractivity contribution in [2.75, 3.05) is 12.3 Å². The average Bonchev–Trinajstić information content (AvgIpc) is 2.62. The fourth-order valence-electron chi connectivity index (χ4n) is 1.73. The fraction of sp³-hybridized carbons (Fsp3) is 0.400. The van der Waals surface area contributed by atoms with Crippen LogP contribution in [0.4, 0.5) is 0 Å². The van der Waals surface area contributed by atoms with Crippen LogP contribution < -0.4 is 5.73 Å². The smallest absolute Gasteiger partial charge is 0.354 e. The molecule has 2 aliphatic heterocycles. The molecule has 2 rings (SSSR count). The number of β-lactam (4-membered cyclic amide) rings is 1. The van der Waals surface area contributed by atoms with Gasteiger partial charge in [-0.25, -0.2) is 4.79 Å². The lowest BCUT2D eigenvalue weighted by atomic mass is 10.1. The maximum absolute atomic E-state index is 11.7. The number of nitrogens with two attached hydrogens (primary N) is 1. The van der Waals surface area contributed by atoms with Crippen molar-refractivity contribution in [2.24, 2.45) is 5.73 Å². The number of hydrogen-bond donors (Lipinski definition) is 2. The first-order chi connectivity index (χ1) is 8.11. The molecule has 5 nitrogen and oxygen atoms in total. The second kappa shape index (κ2) is 4.75. The molecule has 3 N–H and O–H groups in total. The summed E-state index contributed by atoms with van der Waals surface area (Å²) in [6.07, 6.45) is 1.74. The SMILES string of the molecule is CC=C1C(=O)N2C(C(=O)O)=C(SCCN)SC12. The molecule has 0 aliphatic carbocycles. The molecule has 1 saturated heterocycles. The summed E-state index contributed by atoms with van der Waals surface area (Å²) in [6, 6.07) is 0. The molecule has 0 aromatic rings. The third kappa shape index (κ3) is 1.88. The second-order valence-electron chi connectivity index (χ2n) is 3.47. The van der Waals surface area contributed by atoms with Crippen molar-refractivity contribution < 1.29 is 14.7 Å². The molecule has 0 aromatic heterocycles. The van der Waals surface area contributed by atoms with Crippen LogP contribution in [0.1, 0.15) is 6.92 Å². The third-order valence-electron chi connectivity index (χ3n) is 2.48. The average molecular weight is 272 g/mol. The number of fused-ring (bicyclic) bond motifs is 1. The number of carboxylic acids is 1. The molecule has 2 aliphatic rings. The summed E-state index contributed by atoms with van der Waals surface area (Å²) in [7, 11) is 0. The summed E-state index contributed by atoms with van der Waals surface area (Å²) in [5, 5.41) is 9.00. The molecule has 0 spiro atoms. The van der Waals surface area contributed by atoms with E-state index in [0.717, 1.165) is 0 Å². The molecule has 17 heavy (non-hydrogen) atoms. The molecule has 0 aromatic carbocycles. The van der Waals surface area contributed by atoms with Gasteiger partial charge in [-0.1, -0.05) is 17.8 Å². The number of carbonyl (C=O) groups excluding carboxylic acids is 1. The fourth-order valence-corrected chi connectivity index (χ4v) is 4.32. The third-order valence-corrected chi connectivity index (χ3v) is 5.12. The van der Waals surface area contributed by atoms with E-state index in [-0.39, 0.29) is 17.0 Å². The van der Waals surface area contributed by atoms with Crippen LogP contribution in [-0.2, 0) is 9.59 Å². The lowest BCUT2D eigenvalue weighted by Crippen LogP contribution is -2.51. The summed E-state index contributed by atoms with van der Waals surface area (Å²) in [4.78, 5) is 24.2. The van der Waals surface area contributed by atoms with Gasteiger partial charge in [0.05, 0.1) is 4.24 Å². The number of rotatable bonds is 4. The summed E-state index contributed by atoms with van der Waals surface area (Å²) >= 11 is 2.81. The van der Waals surface area contributed by atoms with Crippen LogP contribution in [0.2, 0.25) is 0 Å². The van der Waals surface area contributed by atoms with E-state index < -0.39 is 5.97 Å². The Labute approximate surface area is 107 Å². The number of carboxylic acid groups (broad SMARTS) is 1. The number of amides is 1. The minimum Gasteiger partial charge on any atom is -0.477 e. The second-order valence-corrected chi connectivity index (χ2v) is 5.92. The molecule has 0 radical (unpaired) electrons. The molecule has 7 heteroatoms. The van der Waals surface area contributed by atoms with Crippen molar-refractivity contribution in [1.82, 2.24) is 4.90 Å². The quantitative estimate of drug-likeness (QED) is 0.581. The van der Waals surface area contributed by atoms with Crippen molar-refractivity contribution in [3.05, 3.63) is 21.6 Å². The molecule has 1 amide bonds. The van der Waals surface area contributed by atoms with Gasteiger partial charge in [0.1, 0.15) is 5.37 Å². The summed E-state index contributed by atoms with van der Waals surface area (Å²) in [6.45, 7) is 2.27. The zero-order valence-electron chi connectivity index (χ0n) is 9.17. The van der Waals surface area contributed by atoms with E-state index in [2.05, 4.69) is 0 Å². The van der Waals surface area contributed by atoms with Crippen LogP contribution in [0.5, 0.6) is 0 Å². The zero-order chi connectivity index (χ0) is 12.6. The summed E-state index contributed by atoms with van der Waals surface area (Å²) < 4.78 is 0.679. The van der Waals surface area contributed by atoms with Crippen LogP contribution in [-0.4, -0.2) is 39.6 Å². The van der Waals surface area contributed by atoms with E-state index in [9.17, 15) is 9.59 Å².